The van der Waals surface area contributed by atoms with Gasteiger partial charge in [0.05, 0.1) is 19.4 Å². The van der Waals surface area contributed by atoms with Gasteiger partial charge < -0.3 is 9.47 Å². The van der Waals surface area contributed by atoms with Crippen LogP contribution in [-0.2, 0) is 9.53 Å². The molecule has 0 spiro atoms. The fraction of sp³-hybridized carbons (Fsp3) is 0.222. The van der Waals surface area contributed by atoms with Crippen LogP contribution in [0.25, 0.3) is 0 Å². The highest BCUT2D eigenvalue weighted by Gasteiger charge is 2.47. The van der Waals surface area contributed by atoms with Crippen molar-refractivity contribution in [2.75, 3.05) is 13.7 Å². The average Bonchev–Trinajstić information content (AvgIpc) is 2.61. The number of halogens is 3. The highest BCUT2D eigenvalue weighted by molar-refractivity contribution is 9.10. The number of alkyl halides is 2. The highest BCUT2D eigenvalue weighted by atomic mass is 79.9. The Balaban J connectivity index is 2.52. The zero-order valence-electron chi connectivity index (χ0n) is 13.6. The van der Waals surface area contributed by atoms with E-state index in [4.69, 9.17) is 4.74 Å². The molecule has 0 fully saturated rings. The molecule has 132 valence electrons. The topological polar surface area (TPSA) is 47.9 Å². The van der Waals surface area contributed by atoms with Crippen LogP contribution in [0.4, 0.5) is 14.5 Å². The van der Waals surface area contributed by atoms with E-state index in [1.54, 1.807) is 24.3 Å². The summed E-state index contributed by atoms with van der Waals surface area (Å²) in [6.07, 6.45) is 0. The summed E-state index contributed by atoms with van der Waals surface area (Å²) in [7, 11) is 1.50. The molecule has 0 saturated heterocycles. The van der Waals surface area contributed by atoms with Crippen molar-refractivity contribution in [3.63, 3.8) is 0 Å². The summed E-state index contributed by atoms with van der Waals surface area (Å²) in [5, 5.41) is 0. The summed E-state index contributed by atoms with van der Waals surface area (Å²) < 4.78 is 39.6. The lowest BCUT2D eigenvalue weighted by Crippen LogP contribution is -2.40. The third kappa shape index (κ3) is 4.63. The van der Waals surface area contributed by atoms with Crippen molar-refractivity contribution < 1.29 is 23.0 Å². The number of nitrogens with zero attached hydrogens (tertiary/aromatic N) is 1. The second-order valence-corrected chi connectivity index (χ2v) is 5.88. The Morgan fingerprint density at radius 3 is 2.24 bits per heavy atom. The third-order valence-electron chi connectivity index (χ3n) is 3.26. The molecule has 0 saturated carbocycles. The van der Waals surface area contributed by atoms with E-state index < -0.39 is 17.6 Å². The number of methoxy groups -OCH3 is 1. The maximum Gasteiger partial charge on any atom is 0.384 e. The Kier molecular flexibility index (Phi) is 6.25. The first-order valence-corrected chi connectivity index (χ1v) is 8.22. The van der Waals surface area contributed by atoms with Gasteiger partial charge in [0.15, 0.2) is 0 Å². The highest BCUT2D eigenvalue weighted by Crippen LogP contribution is 2.28. The number of benzene rings is 2. The lowest BCUT2D eigenvalue weighted by Gasteiger charge is -2.17. The van der Waals surface area contributed by atoms with Gasteiger partial charge >= 0.3 is 11.9 Å². The van der Waals surface area contributed by atoms with Crippen molar-refractivity contribution in [1.29, 1.82) is 0 Å². The van der Waals surface area contributed by atoms with Gasteiger partial charge in [-0.05, 0) is 43.3 Å². The summed E-state index contributed by atoms with van der Waals surface area (Å²) in [6, 6.07) is 12.4. The minimum absolute atomic E-state index is 0.122. The second kappa shape index (κ2) is 8.20. The van der Waals surface area contributed by atoms with Crippen LogP contribution in [0, 0.1) is 0 Å². The fourth-order valence-electron chi connectivity index (χ4n) is 2.03. The van der Waals surface area contributed by atoms with E-state index in [-0.39, 0.29) is 17.9 Å². The predicted octanol–water partition coefficient (Wildman–Crippen LogP) is 4.78. The number of aliphatic imine (C=N–C) groups is 1. The summed E-state index contributed by atoms with van der Waals surface area (Å²) in [5.74, 6) is -4.95. The van der Waals surface area contributed by atoms with Crippen molar-refractivity contribution in [1.82, 2.24) is 0 Å². The van der Waals surface area contributed by atoms with Crippen LogP contribution in [0.2, 0.25) is 0 Å². The van der Waals surface area contributed by atoms with Crippen molar-refractivity contribution in [3.8, 4) is 5.75 Å². The molecule has 7 heteroatoms. The first-order valence-electron chi connectivity index (χ1n) is 7.42. The Bertz CT molecular complexity index is 759. The Hall–Kier alpha value is -2.28. The number of carbonyl (C=O) groups is 1. The van der Waals surface area contributed by atoms with E-state index >= 15 is 0 Å². The van der Waals surface area contributed by atoms with Crippen molar-refractivity contribution in [2.45, 2.75) is 12.8 Å². The van der Waals surface area contributed by atoms with E-state index in [2.05, 4.69) is 25.7 Å². The number of esters is 1. The molecule has 0 amide bonds. The molecule has 25 heavy (non-hydrogen) atoms. The monoisotopic (exact) mass is 411 g/mol. The number of rotatable bonds is 6. The summed E-state index contributed by atoms with van der Waals surface area (Å²) in [6.45, 7) is 1.32. The van der Waals surface area contributed by atoms with Crippen LogP contribution < -0.4 is 4.74 Å². The number of ether oxygens (including phenoxy) is 2. The molecule has 4 nitrogen and oxygen atoms in total. The quantitative estimate of drug-likeness (QED) is 0.507. The van der Waals surface area contributed by atoms with Gasteiger partial charge in [-0.1, -0.05) is 28.1 Å². The molecule has 0 heterocycles. The van der Waals surface area contributed by atoms with Gasteiger partial charge in [0.2, 0.25) is 0 Å². The molecule has 0 aliphatic heterocycles. The summed E-state index contributed by atoms with van der Waals surface area (Å²) >= 11 is 3.25. The van der Waals surface area contributed by atoms with Gasteiger partial charge in [0.25, 0.3) is 0 Å². The molecule has 2 aromatic carbocycles. The molecule has 0 bridgehead atoms. The van der Waals surface area contributed by atoms with E-state index in [0.717, 1.165) is 4.47 Å². The average molecular weight is 412 g/mol. The van der Waals surface area contributed by atoms with Crippen LogP contribution in [-0.4, -0.2) is 31.3 Å². The first-order chi connectivity index (χ1) is 11.9. The van der Waals surface area contributed by atoms with Crippen LogP contribution >= 0.6 is 15.9 Å². The fourth-order valence-corrected chi connectivity index (χ4v) is 2.29. The molecule has 0 N–H and O–H groups in total. The van der Waals surface area contributed by atoms with E-state index in [9.17, 15) is 13.6 Å². The number of hydrogen-bond acceptors (Lipinski definition) is 4. The van der Waals surface area contributed by atoms with Crippen molar-refractivity contribution in [2.24, 2.45) is 4.99 Å². The maximum absolute atomic E-state index is 14.6. The first kappa shape index (κ1) is 19.1. The molecular formula is C18H16BrF2NO3. The Morgan fingerprint density at radius 2 is 1.72 bits per heavy atom. The Labute approximate surface area is 152 Å². The van der Waals surface area contributed by atoms with Gasteiger partial charge in [-0.3, -0.25) is 0 Å². The zero-order chi connectivity index (χ0) is 18.4. The molecule has 0 aliphatic carbocycles. The van der Waals surface area contributed by atoms with Gasteiger partial charge in [-0.15, -0.1) is 0 Å². The molecule has 2 aromatic rings. The number of hydrogen-bond donors (Lipinski definition) is 0. The Morgan fingerprint density at radius 1 is 1.12 bits per heavy atom. The van der Waals surface area contributed by atoms with Crippen LogP contribution in [0.15, 0.2) is 58.0 Å². The molecule has 0 unspecified atom stereocenters. The van der Waals surface area contributed by atoms with Crippen LogP contribution in [0.3, 0.4) is 0 Å². The van der Waals surface area contributed by atoms with Gasteiger partial charge in [-0.25, -0.2) is 9.79 Å². The third-order valence-corrected chi connectivity index (χ3v) is 3.79. The molecule has 2 rings (SSSR count). The molecular weight excluding hydrogens is 396 g/mol. The second-order valence-electron chi connectivity index (χ2n) is 4.96. The minimum atomic E-state index is -3.89. The predicted molar refractivity (Wildman–Crippen MR) is 94.9 cm³/mol. The van der Waals surface area contributed by atoms with Gasteiger partial charge in [-0.2, -0.15) is 8.78 Å². The van der Waals surface area contributed by atoms with Crippen molar-refractivity contribution >= 4 is 33.3 Å². The maximum atomic E-state index is 14.6. The minimum Gasteiger partial charge on any atom is -0.497 e. The van der Waals surface area contributed by atoms with Gasteiger partial charge in [0, 0.05) is 10.0 Å². The molecule has 0 aliphatic rings. The molecule has 0 atom stereocenters. The SMILES string of the molecule is CCOC(=O)C(F)(F)C(=Nc1ccc(OC)cc1)c1ccc(Br)cc1. The lowest BCUT2D eigenvalue weighted by molar-refractivity contribution is -0.162. The van der Waals surface area contributed by atoms with Crippen molar-refractivity contribution in [3.05, 3.63) is 58.6 Å². The lowest BCUT2D eigenvalue weighted by atomic mass is 10.0. The summed E-state index contributed by atoms with van der Waals surface area (Å²) in [5.41, 5.74) is -0.289. The zero-order valence-corrected chi connectivity index (χ0v) is 15.2. The standard InChI is InChI=1S/C18H16BrF2NO3/c1-3-25-17(23)18(20,21)16(12-4-6-13(19)7-5-12)22-14-8-10-15(24-2)11-9-14/h4-11H,3H2,1-2H3. The largest absolute Gasteiger partial charge is 0.497 e. The van der Waals surface area contributed by atoms with Crippen LogP contribution in [0.1, 0.15) is 12.5 Å². The van der Waals surface area contributed by atoms with E-state index in [0.29, 0.717) is 5.75 Å². The normalized spacial score (nSPS) is 12.0. The van der Waals surface area contributed by atoms with Crippen LogP contribution in [0.5, 0.6) is 5.75 Å². The van der Waals surface area contributed by atoms with Gasteiger partial charge in [0.1, 0.15) is 11.5 Å². The van der Waals surface area contributed by atoms with E-state index in [1.165, 1.54) is 38.3 Å². The number of carbonyl (C=O) groups excluding carboxylic acids is 1. The summed E-state index contributed by atoms with van der Waals surface area (Å²) in [4.78, 5) is 15.8. The molecule has 0 aromatic heterocycles. The van der Waals surface area contributed by atoms with E-state index in [1.807, 2.05) is 0 Å². The molecule has 0 radical (unpaired) electrons. The smallest absolute Gasteiger partial charge is 0.384 e.